The minimum atomic E-state index is -0.846. The number of amides is 2. The van der Waals surface area contributed by atoms with Crippen LogP contribution in [0.3, 0.4) is 0 Å². The molecule has 6 heteroatoms. The lowest BCUT2D eigenvalue weighted by Crippen LogP contribution is -2.44. The number of primary amides is 1. The SMILES string of the molecule is CN(CCOCC1CC1)C(=O)C(N)CC(N)=O. The molecule has 0 aromatic heterocycles. The molecule has 98 valence electrons. The number of likely N-dealkylation sites (N-methyl/N-ethyl adjacent to an activating group) is 1. The summed E-state index contributed by atoms with van der Waals surface area (Å²) >= 11 is 0. The zero-order valence-corrected chi connectivity index (χ0v) is 10.2. The van der Waals surface area contributed by atoms with Gasteiger partial charge in [0.1, 0.15) is 0 Å². The first-order valence-corrected chi connectivity index (χ1v) is 5.87. The number of rotatable bonds is 8. The molecule has 1 atom stereocenters. The first-order valence-electron chi connectivity index (χ1n) is 5.87. The maximum atomic E-state index is 11.7. The fourth-order valence-corrected chi connectivity index (χ4v) is 1.43. The molecule has 0 heterocycles. The Bertz CT molecular complexity index is 279. The predicted molar refractivity (Wildman–Crippen MR) is 63.0 cm³/mol. The van der Waals surface area contributed by atoms with E-state index in [0.717, 1.165) is 6.61 Å². The molecule has 0 spiro atoms. The van der Waals surface area contributed by atoms with Crippen molar-refractivity contribution >= 4 is 11.8 Å². The van der Waals surface area contributed by atoms with Crippen LogP contribution in [-0.4, -0.2) is 49.6 Å². The smallest absolute Gasteiger partial charge is 0.239 e. The third-order valence-corrected chi connectivity index (χ3v) is 2.74. The highest BCUT2D eigenvalue weighted by Gasteiger charge is 2.22. The van der Waals surface area contributed by atoms with E-state index in [-0.39, 0.29) is 12.3 Å². The van der Waals surface area contributed by atoms with Crippen molar-refractivity contribution in [3.63, 3.8) is 0 Å². The Kier molecular flexibility index (Phi) is 5.37. The minimum Gasteiger partial charge on any atom is -0.379 e. The third-order valence-electron chi connectivity index (χ3n) is 2.74. The van der Waals surface area contributed by atoms with Crippen molar-refractivity contribution in [3.05, 3.63) is 0 Å². The highest BCUT2D eigenvalue weighted by molar-refractivity contribution is 5.87. The summed E-state index contributed by atoms with van der Waals surface area (Å²) in [5.41, 5.74) is 10.5. The van der Waals surface area contributed by atoms with E-state index < -0.39 is 11.9 Å². The Labute approximate surface area is 101 Å². The first-order chi connectivity index (χ1) is 8.00. The van der Waals surface area contributed by atoms with Gasteiger partial charge in [-0.15, -0.1) is 0 Å². The average molecular weight is 243 g/mol. The van der Waals surface area contributed by atoms with Crippen molar-refractivity contribution < 1.29 is 14.3 Å². The molecule has 2 amide bonds. The van der Waals surface area contributed by atoms with Crippen LogP contribution in [0.5, 0.6) is 0 Å². The normalized spacial score (nSPS) is 16.6. The quantitative estimate of drug-likeness (QED) is 0.538. The number of carbonyl (C=O) groups excluding carboxylic acids is 2. The topological polar surface area (TPSA) is 98.7 Å². The largest absolute Gasteiger partial charge is 0.379 e. The number of ether oxygens (including phenoxy) is 1. The lowest BCUT2D eigenvalue weighted by molar-refractivity contribution is -0.134. The Morgan fingerprint density at radius 1 is 1.47 bits per heavy atom. The monoisotopic (exact) mass is 243 g/mol. The summed E-state index contributed by atoms with van der Waals surface area (Å²) in [5.74, 6) is -0.129. The molecular weight excluding hydrogens is 222 g/mol. The van der Waals surface area contributed by atoms with Crippen LogP contribution in [0.4, 0.5) is 0 Å². The van der Waals surface area contributed by atoms with Crippen molar-refractivity contribution in [1.29, 1.82) is 0 Å². The second-order valence-electron chi connectivity index (χ2n) is 4.56. The second kappa shape index (κ2) is 6.56. The summed E-state index contributed by atoms with van der Waals surface area (Å²) in [5, 5.41) is 0. The average Bonchev–Trinajstić information content (AvgIpc) is 3.05. The summed E-state index contributed by atoms with van der Waals surface area (Å²) in [6.45, 7) is 1.76. The fraction of sp³-hybridized carbons (Fsp3) is 0.818. The summed E-state index contributed by atoms with van der Waals surface area (Å²) in [4.78, 5) is 23.8. The van der Waals surface area contributed by atoms with Gasteiger partial charge in [-0.1, -0.05) is 0 Å². The molecule has 1 fully saturated rings. The predicted octanol–water partition coefficient (Wildman–Crippen LogP) is -0.926. The van der Waals surface area contributed by atoms with Gasteiger partial charge in [0.15, 0.2) is 0 Å². The lowest BCUT2D eigenvalue weighted by Gasteiger charge is -2.20. The summed E-state index contributed by atoms with van der Waals surface area (Å²) in [6, 6.07) is -0.846. The van der Waals surface area contributed by atoms with E-state index in [1.54, 1.807) is 7.05 Å². The van der Waals surface area contributed by atoms with Gasteiger partial charge in [0, 0.05) is 20.2 Å². The maximum absolute atomic E-state index is 11.7. The zero-order chi connectivity index (χ0) is 12.8. The van der Waals surface area contributed by atoms with Crippen LogP contribution < -0.4 is 11.5 Å². The molecule has 1 aliphatic carbocycles. The standard InChI is InChI=1S/C11H21N3O3/c1-14(4-5-17-7-8-2-3-8)11(16)9(12)6-10(13)15/h8-9H,2-7,12H2,1H3,(H2,13,15). The van der Waals surface area contributed by atoms with Gasteiger partial charge >= 0.3 is 0 Å². The van der Waals surface area contributed by atoms with Gasteiger partial charge in [-0.05, 0) is 18.8 Å². The van der Waals surface area contributed by atoms with Gasteiger partial charge in [-0.25, -0.2) is 0 Å². The van der Waals surface area contributed by atoms with Crippen molar-refractivity contribution in [2.75, 3.05) is 26.8 Å². The van der Waals surface area contributed by atoms with Crippen molar-refractivity contribution in [3.8, 4) is 0 Å². The zero-order valence-electron chi connectivity index (χ0n) is 10.2. The molecule has 1 aliphatic rings. The minimum absolute atomic E-state index is 0.119. The van der Waals surface area contributed by atoms with Crippen molar-refractivity contribution in [2.45, 2.75) is 25.3 Å². The highest BCUT2D eigenvalue weighted by Crippen LogP contribution is 2.28. The molecule has 0 aliphatic heterocycles. The summed E-state index contributed by atoms with van der Waals surface area (Å²) in [7, 11) is 1.64. The fourth-order valence-electron chi connectivity index (χ4n) is 1.43. The van der Waals surface area contributed by atoms with Gasteiger partial charge in [-0.2, -0.15) is 0 Å². The highest BCUT2D eigenvalue weighted by atomic mass is 16.5. The van der Waals surface area contributed by atoms with Crippen LogP contribution in [0.15, 0.2) is 0 Å². The van der Waals surface area contributed by atoms with Crippen LogP contribution in [0, 0.1) is 5.92 Å². The maximum Gasteiger partial charge on any atom is 0.239 e. The van der Waals surface area contributed by atoms with Gasteiger partial charge < -0.3 is 21.1 Å². The van der Waals surface area contributed by atoms with E-state index in [1.165, 1.54) is 17.7 Å². The van der Waals surface area contributed by atoms with Gasteiger partial charge in [0.2, 0.25) is 11.8 Å². The third kappa shape index (κ3) is 5.65. The van der Waals surface area contributed by atoms with E-state index in [1.807, 2.05) is 0 Å². The molecule has 0 aromatic carbocycles. The first kappa shape index (κ1) is 13.9. The van der Waals surface area contributed by atoms with E-state index in [2.05, 4.69) is 0 Å². The van der Waals surface area contributed by atoms with Gasteiger partial charge in [-0.3, -0.25) is 9.59 Å². The molecule has 1 saturated carbocycles. The van der Waals surface area contributed by atoms with Gasteiger partial charge in [0.25, 0.3) is 0 Å². The number of nitrogens with two attached hydrogens (primary N) is 2. The van der Waals surface area contributed by atoms with E-state index in [4.69, 9.17) is 16.2 Å². The Morgan fingerprint density at radius 3 is 2.65 bits per heavy atom. The number of carbonyl (C=O) groups is 2. The van der Waals surface area contributed by atoms with E-state index in [9.17, 15) is 9.59 Å². The molecule has 6 nitrogen and oxygen atoms in total. The van der Waals surface area contributed by atoms with Crippen LogP contribution >= 0.6 is 0 Å². The molecule has 0 radical (unpaired) electrons. The second-order valence-corrected chi connectivity index (χ2v) is 4.56. The number of nitrogens with zero attached hydrogens (tertiary/aromatic N) is 1. The molecule has 0 bridgehead atoms. The van der Waals surface area contributed by atoms with E-state index in [0.29, 0.717) is 19.1 Å². The van der Waals surface area contributed by atoms with Crippen molar-refractivity contribution in [1.82, 2.24) is 4.90 Å². The molecule has 17 heavy (non-hydrogen) atoms. The summed E-state index contributed by atoms with van der Waals surface area (Å²) < 4.78 is 5.41. The van der Waals surface area contributed by atoms with Crippen LogP contribution in [0.1, 0.15) is 19.3 Å². The van der Waals surface area contributed by atoms with E-state index >= 15 is 0 Å². The number of hydrogen-bond donors (Lipinski definition) is 2. The van der Waals surface area contributed by atoms with Crippen LogP contribution in [-0.2, 0) is 14.3 Å². The Balaban J connectivity index is 2.13. The van der Waals surface area contributed by atoms with Gasteiger partial charge in [0.05, 0.1) is 19.1 Å². The Hall–Kier alpha value is -1.14. The van der Waals surface area contributed by atoms with Crippen molar-refractivity contribution in [2.24, 2.45) is 17.4 Å². The lowest BCUT2D eigenvalue weighted by atomic mass is 10.2. The molecule has 0 saturated heterocycles. The molecule has 0 aromatic rings. The van der Waals surface area contributed by atoms with Crippen LogP contribution in [0.2, 0.25) is 0 Å². The molecule has 1 rings (SSSR count). The molecule has 1 unspecified atom stereocenters. The number of hydrogen-bond acceptors (Lipinski definition) is 4. The Morgan fingerprint density at radius 2 is 2.12 bits per heavy atom. The van der Waals surface area contributed by atoms with Crippen LogP contribution in [0.25, 0.3) is 0 Å². The molecule has 4 N–H and O–H groups in total. The summed E-state index contributed by atoms with van der Waals surface area (Å²) in [6.07, 6.45) is 2.38. The molecular formula is C11H21N3O3.